The fourth-order valence-electron chi connectivity index (χ4n) is 3.35. The molecule has 122 valence electrons. The SMILES string of the molecule is CCCCCCCC(O)C(CC)(CCCC)CCCC. The van der Waals surface area contributed by atoms with Crippen molar-refractivity contribution in [1.82, 2.24) is 0 Å². The van der Waals surface area contributed by atoms with Gasteiger partial charge in [-0.25, -0.2) is 0 Å². The summed E-state index contributed by atoms with van der Waals surface area (Å²) in [5.41, 5.74) is 0.205. The number of unbranched alkanes of at least 4 members (excludes halogenated alkanes) is 6. The average molecular weight is 285 g/mol. The quantitative estimate of drug-likeness (QED) is 0.362. The third kappa shape index (κ3) is 7.67. The van der Waals surface area contributed by atoms with E-state index in [1.54, 1.807) is 0 Å². The van der Waals surface area contributed by atoms with Crippen molar-refractivity contribution >= 4 is 0 Å². The lowest BCUT2D eigenvalue weighted by molar-refractivity contribution is -0.00320. The van der Waals surface area contributed by atoms with E-state index in [1.807, 2.05) is 0 Å². The fourth-order valence-corrected chi connectivity index (χ4v) is 3.35. The molecule has 0 aromatic heterocycles. The molecule has 1 heteroatoms. The molecule has 0 saturated heterocycles. The highest BCUT2D eigenvalue weighted by molar-refractivity contribution is 4.85. The molecular formula is C19H40O. The van der Waals surface area contributed by atoms with Crippen molar-refractivity contribution < 1.29 is 5.11 Å². The molecule has 1 unspecified atom stereocenters. The van der Waals surface area contributed by atoms with Gasteiger partial charge in [0.05, 0.1) is 6.10 Å². The van der Waals surface area contributed by atoms with Gasteiger partial charge in [0.15, 0.2) is 0 Å². The third-order valence-corrected chi connectivity index (χ3v) is 5.05. The van der Waals surface area contributed by atoms with E-state index in [-0.39, 0.29) is 11.5 Å². The van der Waals surface area contributed by atoms with Gasteiger partial charge in [-0.1, -0.05) is 85.5 Å². The molecule has 0 aliphatic heterocycles. The summed E-state index contributed by atoms with van der Waals surface area (Å²) >= 11 is 0. The summed E-state index contributed by atoms with van der Waals surface area (Å²) in [4.78, 5) is 0. The predicted octanol–water partition coefficient (Wildman–Crippen LogP) is 6.48. The van der Waals surface area contributed by atoms with Crippen molar-refractivity contribution in [2.24, 2.45) is 5.41 Å². The van der Waals surface area contributed by atoms with Crippen molar-refractivity contribution in [3.05, 3.63) is 0 Å². The summed E-state index contributed by atoms with van der Waals surface area (Å²) in [6.07, 6.45) is 16.0. The summed E-state index contributed by atoms with van der Waals surface area (Å²) in [5, 5.41) is 10.8. The minimum absolute atomic E-state index is 0.0766. The van der Waals surface area contributed by atoms with Crippen molar-refractivity contribution in [3.8, 4) is 0 Å². The molecule has 1 atom stereocenters. The van der Waals surface area contributed by atoms with Crippen LogP contribution in [0.4, 0.5) is 0 Å². The van der Waals surface area contributed by atoms with Crippen LogP contribution in [0.25, 0.3) is 0 Å². The fraction of sp³-hybridized carbons (Fsp3) is 1.00. The van der Waals surface area contributed by atoms with E-state index in [0.717, 1.165) is 12.8 Å². The van der Waals surface area contributed by atoms with Gasteiger partial charge in [-0.2, -0.15) is 0 Å². The summed E-state index contributed by atoms with van der Waals surface area (Å²) in [6, 6.07) is 0. The van der Waals surface area contributed by atoms with E-state index in [0.29, 0.717) is 0 Å². The Kier molecular flexibility index (Phi) is 12.7. The molecular weight excluding hydrogens is 244 g/mol. The second kappa shape index (κ2) is 12.7. The minimum Gasteiger partial charge on any atom is -0.393 e. The van der Waals surface area contributed by atoms with Crippen LogP contribution in [0.5, 0.6) is 0 Å². The van der Waals surface area contributed by atoms with Gasteiger partial charge >= 0.3 is 0 Å². The van der Waals surface area contributed by atoms with Crippen molar-refractivity contribution in [2.45, 2.75) is 117 Å². The molecule has 0 saturated carbocycles. The maximum Gasteiger partial charge on any atom is 0.0596 e. The first-order chi connectivity index (χ1) is 9.66. The Bertz CT molecular complexity index is 192. The summed E-state index contributed by atoms with van der Waals surface area (Å²) < 4.78 is 0. The lowest BCUT2D eigenvalue weighted by Crippen LogP contribution is -2.35. The second-order valence-corrected chi connectivity index (χ2v) is 6.64. The van der Waals surface area contributed by atoms with Crippen LogP contribution < -0.4 is 0 Å². The first-order valence-corrected chi connectivity index (χ1v) is 9.34. The topological polar surface area (TPSA) is 20.2 Å². The van der Waals surface area contributed by atoms with Crippen molar-refractivity contribution in [2.75, 3.05) is 0 Å². The summed E-state index contributed by atoms with van der Waals surface area (Å²) in [5.74, 6) is 0. The van der Waals surface area contributed by atoms with E-state index < -0.39 is 0 Å². The van der Waals surface area contributed by atoms with Crippen LogP contribution in [0.2, 0.25) is 0 Å². The standard InChI is InChI=1S/C19H40O/c1-5-9-12-13-14-15-18(20)19(8-4,16-10-6-2)17-11-7-3/h18,20H,5-17H2,1-4H3. The van der Waals surface area contributed by atoms with Crippen LogP contribution in [0.15, 0.2) is 0 Å². The Morgan fingerprint density at radius 1 is 0.700 bits per heavy atom. The van der Waals surface area contributed by atoms with E-state index in [9.17, 15) is 5.11 Å². The second-order valence-electron chi connectivity index (χ2n) is 6.64. The third-order valence-electron chi connectivity index (χ3n) is 5.05. The average Bonchev–Trinajstić information content (AvgIpc) is 2.47. The van der Waals surface area contributed by atoms with Crippen LogP contribution >= 0.6 is 0 Å². The molecule has 0 fully saturated rings. The van der Waals surface area contributed by atoms with Gasteiger partial charge in [0.2, 0.25) is 0 Å². The monoisotopic (exact) mass is 284 g/mol. The first kappa shape index (κ1) is 20.0. The van der Waals surface area contributed by atoms with Crippen molar-refractivity contribution in [3.63, 3.8) is 0 Å². The van der Waals surface area contributed by atoms with Gasteiger partial charge in [-0.3, -0.25) is 0 Å². The van der Waals surface area contributed by atoms with Crippen molar-refractivity contribution in [1.29, 1.82) is 0 Å². The van der Waals surface area contributed by atoms with Crippen LogP contribution in [-0.2, 0) is 0 Å². The van der Waals surface area contributed by atoms with Gasteiger partial charge in [-0.05, 0) is 31.1 Å². The largest absolute Gasteiger partial charge is 0.393 e. The summed E-state index contributed by atoms with van der Waals surface area (Å²) in [6.45, 7) is 9.06. The zero-order valence-corrected chi connectivity index (χ0v) is 14.7. The molecule has 0 heterocycles. The van der Waals surface area contributed by atoms with Gasteiger partial charge in [0.1, 0.15) is 0 Å². The van der Waals surface area contributed by atoms with Crippen LogP contribution in [0.1, 0.15) is 111 Å². The Labute approximate surface area is 128 Å². The van der Waals surface area contributed by atoms with Crippen LogP contribution in [0, 0.1) is 5.41 Å². The molecule has 0 aliphatic carbocycles. The van der Waals surface area contributed by atoms with E-state index in [2.05, 4.69) is 27.7 Å². The minimum atomic E-state index is -0.0766. The van der Waals surface area contributed by atoms with Crippen LogP contribution in [-0.4, -0.2) is 11.2 Å². The molecule has 1 N–H and O–H groups in total. The Hall–Kier alpha value is -0.0400. The van der Waals surface area contributed by atoms with Gasteiger partial charge < -0.3 is 5.11 Å². The molecule has 0 aromatic carbocycles. The highest BCUT2D eigenvalue weighted by Gasteiger charge is 2.34. The molecule has 0 aromatic rings. The van der Waals surface area contributed by atoms with E-state index in [4.69, 9.17) is 0 Å². The van der Waals surface area contributed by atoms with Crippen LogP contribution in [0.3, 0.4) is 0 Å². The Balaban J connectivity index is 4.32. The van der Waals surface area contributed by atoms with E-state index in [1.165, 1.54) is 70.6 Å². The Morgan fingerprint density at radius 2 is 1.20 bits per heavy atom. The molecule has 0 spiro atoms. The molecule has 20 heavy (non-hydrogen) atoms. The maximum absolute atomic E-state index is 10.8. The molecule has 0 aliphatic rings. The number of hydrogen-bond donors (Lipinski definition) is 1. The lowest BCUT2D eigenvalue weighted by atomic mass is 9.70. The number of rotatable bonds is 14. The summed E-state index contributed by atoms with van der Waals surface area (Å²) in [7, 11) is 0. The number of hydrogen-bond acceptors (Lipinski definition) is 1. The zero-order valence-electron chi connectivity index (χ0n) is 14.7. The zero-order chi connectivity index (χ0) is 15.3. The van der Waals surface area contributed by atoms with Gasteiger partial charge in [0, 0.05) is 0 Å². The molecule has 0 rings (SSSR count). The number of aliphatic hydroxyl groups is 1. The highest BCUT2D eigenvalue weighted by Crippen LogP contribution is 2.40. The van der Waals surface area contributed by atoms with E-state index >= 15 is 0 Å². The first-order valence-electron chi connectivity index (χ1n) is 9.34. The number of aliphatic hydroxyl groups excluding tert-OH is 1. The molecule has 0 radical (unpaired) electrons. The molecule has 0 bridgehead atoms. The normalized spacial score (nSPS) is 13.7. The Morgan fingerprint density at radius 3 is 1.65 bits per heavy atom. The van der Waals surface area contributed by atoms with Gasteiger partial charge in [0.25, 0.3) is 0 Å². The highest BCUT2D eigenvalue weighted by atomic mass is 16.3. The lowest BCUT2D eigenvalue weighted by Gasteiger charge is -2.38. The smallest absolute Gasteiger partial charge is 0.0596 e. The molecule has 0 amide bonds. The maximum atomic E-state index is 10.8. The predicted molar refractivity (Wildman–Crippen MR) is 91.2 cm³/mol. The molecule has 1 nitrogen and oxygen atoms in total. The van der Waals surface area contributed by atoms with Gasteiger partial charge in [-0.15, -0.1) is 0 Å².